The summed E-state index contributed by atoms with van der Waals surface area (Å²) in [6, 6.07) is 4.05. The predicted octanol–water partition coefficient (Wildman–Crippen LogP) is 1.83. The molecule has 2 aromatic heterocycles. The molecular formula is C12H12N2O2. The van der Waals surface area contributed by atoms with Gasteiger partial charge < -0.3 is 5.11 Å². The number of aryl methyl sites for hydroxylation is 1. The molecule has 0 aromatic carbocycles. The molecule has 1 fully saturated rings. The Kier molecular flexibility index (Phi) is 1.80. The first-order chi connectivity index (χ1) is 7.66. The predicted molar refractivity (Wildman–Crippen MR) is 58.4 cm³/mol. The molecule has 4 heteroatoms. The van der Waals surface area contributed by atoms with Gasteiger partial charge in [-0.05, 0) is 31.0 Å². The minimum Gasteiger partial charge on any atom is -0.481 e. The summed E-state index contributed by atoms with van der Waals surface area (Å²) in [6.45, 7) is 2.03. The van der Waals surface area contributed by atoms with Crippen molar-refractivity contribution in [2.24, 2.45) is 5.92 Å². The zero-order chi connectivity index (χ0) is 11.3. The normalized spacial score (nSPS) is 23.6. The third-order valence-corrected chi connectivity index (χ3v) is 3.21. The monoisotopic (exact) mass is 216 g/mol. The third-order valence-electron chi connectivity index (χ3n) is 3.21. The van der Waals surface area contributed by atoms with Gasteiger partial charge in [0, 0.05) is 17.7 Å². The van der Waals surface area contributed by atoms with Crippen molar-refractivity contribution in [2.75, 3.05) is 0 Å². The van der Waals surface area contributed by atoms with Gasteiger partial charge in [-0.15, -0.1) is 0 Å². The fourth-order valence-corrected chi connectivity index (χ4v) is 2.20. The lowest BCUT2D eigenvalue weighted by molar-refractivity contribution is -0.138. The second-order valence-corrected chi connectivity index (χ2v) is 4.42. The molecular weight excluding hydrogens is 204 g/mol. The maximum Gasteiger partial charge on any atom is 0.307 e. The van der Waals surface area contributed by atoms with Crippen LogP contribution in [0, 0.1) is 12.8 Å². The lowest BCUT2D eigenvalue weighted by Crippen LogP contribution is -1.98. The Balaban J connectivity index is 2.05. The maximum absolute atomic E-state index is 10.8. The number of hydrogen-bond donors (Lipinski definition) is 1. The lowest BCUT2D eigenvalue weighted by Gasteiger charge is -1.98. The summed E-state index contributed by atoms with van der Waals surface area (Å²) in [5, 5.41) is 13.2. The Morgan fingerprint density at radius 2 is 2.44 bits per heavy atom. The van der Waals surface area contributed by atoms with Crippen LogP contribution in [0.3, 0.4) is 0 Å². The number of carboxylic acids is 1. The molecule has 3 rings (SSSR count). The Morgan fingerprint density at radius 1 is 1.62 bits per heavy atom. The number of aromatic nitrogens is 2. The summed E-state index contributed by atoms with van der Waals surface area (Å²) in [7, 11) is 0. The molecule has 2 aromatic rings. The Bertz CT molecular complexity index is 573. The summed E-state index contributed by atoms with van der Waals surface area (Å²) in [4.78, 5) is 10.8. The highest BCUT2D eigenvalue weighted by Crippen LogP contribution is 2.48. The fourth-order valence-electron chi connectivity index (χ4n) is 2.20. The minimum absolute atomic E-state index is 0.150. The Morgan fingerprint density at radius 3 is 3.12 bits per heavy atom. The van der Waals surface area contributed by atoms with E-state index in [2.05, 4.69) is 11.2 Å². The van der Waals surface area contributed by atoms with Crippen molar-refractivity contribution in [3.8, 4) is 0 Å². The highest BCUT2D eigenvalue weighted by Gasteiger charge is 2.45. The lowest BCUT2D eigenvalue weighted by atomic mass is 10.1. The molecule has 4 nitrogen and oxygen atoms in total. The highest BCUT2D eigenvalue weighted by atomic mass is 16.4. The van der Waals surface area contributed by atoms with Crippen molar-refractivity contribution < 1.29 is 9.90 Å². The van der Waals surface area contributed by atoms with E-state index in [9.17, 15) is 4.79 Å². The molecule has 1 aliphatic rings. The van der Waals surface area contributed by atoms with Crippen molar-refractivity contribution >= 4 is 11.5 Å². The van der Waals surface area contributed by atoms with Gasteiger partial charge in [-0.25, -0.2) is 4.52 Å². The van der Waals surface area contributed by atoms with E-state index in [4.69, 9.17) is 5.11 Å². The van der Waals surface area contributed by atoms with E-state index in [1.165, 1.54) is 5.56 Å². The van der Waals surface area contributed by atoms with Gasteiger partial charge in [-0.3, -0.25) is 4.79 Å². The van der Waals surface area contributed by atoms with Gasteiger partial charge in [0.05, 0.1) is 17.6 Å². The quantitative estimate of drug-likeness (QED) is 0.833. The molecule has 1 aliphatic carbocycles. The molecule has 0 unspecified atom stereocenters. The van der Waals surface area contributed by atoms with Crippen molar-refractivity contribution in [3.63, 3.8) is 0 Å². The van der Waals surface area contributed by atoms with Crippen LogP contribution in [0.25, 0.3) is 5.52 Å². The number of pyridine rings is 1. The molecule has 0 bridgehead atoms. The van der Waals surface area contributed by atoms with Gasteiger partial charge in [-0.1, -0.05) is 0 Å². The van der Waals surface area contributed by atoms with E-state index >= 15 is 0 Å². The zero-order valence-corrected chi connectivity index (χ0v) is 8.92. The molecule has 2 atom stereocenters. The molecule has 0 spiro atoms. The molecule has 82 valence electrons. The SMILES string of the molecule is Cc1ccn2ncc([C@H]3C[C@H]3C(=O)O)c2c1. The van der Waals surface area contributed by atoms with Crippen molar-refractivity contribution in [3.05, 3.63) is 35.7 Å². The Hall–Kier alpha value is -1.84. The van der Waals surface area contributed by atoms with Crippen LogP contribution in [0.15, 0.2) is 24.5 Å². The third kappa shape index (κ3) is 1.30. The van der Waals surface area contributed by atoms with Gasteiger partial charge in [0.1, 0.15) is 0 Å². The van der Waals surface area contributed by atoms with Gasteiger partial charge >= 0.3 is 5.97 Å². The number of hydrogen-bond acceptors (Lipinski definition) is 2. The molecule has 16 heavy (non-hydrogen) atoms. The average molecular weight is 216 g/mol. The van der Waals surface area contributed by atoms with Crippen LogP contribution in [0.5, 0.6) is 0 Å². The second-order valence-electron chi connectivity index (χ2n) is 4.42. The average Bonchev–Trinajstić information content (AvgIpc) is 2.93. The van der Waals surface area contributed by atoms with E-state index in [0.29, 0.717) is 0 Å². The number of fused-ring (bicyclic) bond motifs is 1. The Labute approximate surface area is 92.5 Å². The summed E-state index contributed by atoms with van der Waals surface area (Å²) in [5.74, 6) is -0.762. The largest absolute Gasteiger partial charge is 0.481 e. The topological polar surface area (TPSA) is 54.6 Å². The molecule has 1 N–H and O–H groups in total. The van der Waals surface area contributed by atoms with Gasteiger partial charge in [0.25, 0.3) is 0 Å². The number of carboxylic acid groups (broad SMARTS) is 1. The van der Waals surface area contributed by atoms with Crippen LogP contribution in [-0.2, 0) is 4.79 Å². The van der Waals surface area contributed by atoms with Crippen LogP contribution in [0.4, 0.5) is 0 Å². The van der Waals surface area contributed by atoms with Crippen molar-refractivity contribution in [2.45, 2.75) is 19.3 Å². The van der Waals surface area contributed by atoms with Crippen LogP contribution >= 0.6 is 0 Å². The molecule has 0 amide bonds. The molecule has 0 aliphatic heterocycles. The number of carbonyl (C=O) groups is 1. The second kappa shape index (κ2) is 3.07. The summed E-state index contributed by atoms with van der Waals surface area (Å²) >= 11 is 0. The zero-order valence-electron chi connectivity index (χ0n) is 8.92. The highest BCUT2D eigenvalue weighted by molar-refractivity contribution is 5.76. The minimum atomic E-state index is -0.697. The summed E-state index contributed by atoms with van der Waals surface area (Å²) in [5.41, 5.74) is 3.27. The molecule has 0 radical (unpaired) electrons. The van der Waals surface area contributed by atoms with Crippen LogP contribution in [-0.4, -0.2) is 20.7 Å². The van der Waals surface area contributed by atoms with Crippen LogP contribution < -0.4 is 0 Å². The van der Waals surface area contributed by atoms with E-state index in [0.717, 1.165) is 17.5 Å². The van der Waals surface area contributed by atoms with Crippen LogP contribution in [0.1, 0.15) is 23.5 Å². The smallest absolute Gasteiger partial charge is 0.307 e. The summed E-state index contributed by atoms with van der Waals surface area (Å²) in [6.07, 6.45) is 4.44. The molecule has 2 heterocycles. The van der Waals surface area contributed by atoms with E-state index in [-0.39, 0.29) is 11.8 Å². The van der Waals surface area contributed by atoms with Crippen LogP contribution in [0.2, 0.25) is 0 Å². The number of aliphatic carboxylic acids is 1. The first-order valence-corrected chi connectivity index (χ1v) is 5.33. The van der Waals surface area contributed by atoms with Gasteiger partial charge in [0.15, 0.2) is 0 Å². The van der Waals surface area contributed by atoms with Gasteiger partial charge in [0.2, 0.25) is 0 Å². The van der Waals surface area contributed by atoms with Crippen molar-refractivity contribution in [1.29, 1.82) is 0 Å². The van der Waals surface area contributed by atoms with Crippen molar-refractivity contribution in [1.82, 2.24) is 9.61 Å². The fraction of sp³-hybridized carbons (Fsp3) is 0.333. The van der Waals surface area contributed by atoms with E-state index < -0.39 is 5.97 Å². The molecule has 0 saturated heterocycles. The van der Waals surface area contributed by atoms with Gasteiger partial charge in [-0.2, -0.15) is 5.10 Å². The van der Waals surface area contributed by atoms with E-state index in [1.807, 2.05) is 19.2 Å². The molecule has 1 saturated carbocycles. The maximum atomic E-state index is 10.8. The standard InChI is InChI=1S/C12H12N2O2/c1-7-2-3-14-11(4-7)10(6-13-14)8-5-9(8)12(15)16/h2-4,6,8-9H,5H2,1H3,(H,15,16)/t8-,9+/m0/s1. The summed E-state index contributed by atoms with van der Waals surface area (Å²) < 4.78 is 1.81. The number of nitrogens with zero attached hydrogens (tertiary/aromatic N) is 2. The first-order valence-electron chi connectivity index (χ1n) is 5.33. The first kappa shape index (κ1) is 9.39. The van der Waals surface area contributed by atoms with E-state index in [1.54, 1.807) is 10.7 Å². The number of rotatable bonds is 2.